The van der Waals surface area contributed by atoms with E-state index in [4.69, 9.17) is 5.73 Å². The van der Waals surface area contributed by atoms with Gasteiger partial charge in [-0.2, -0.15) is 0 Å². The molecule has 5 heteroatoms. The second-order valence-electron chi connectivity index (χ2n) is 4.61. The Morgan fingerprint density at radius 2 is 2.10 bits per heavy atom. The smallest absolute Gasteiger partial charge is 0.131 e. The van der Waals surface area contributed by atoms with Crippen molar-refractivity contribution in [1.29, 1.82) is 0 Å². The topological polar surface area (TPSA) is 79.6 Å². The molecule has 3 aromatic rings. The lowest BCUT2D eigenvalue weighted by molar-refractivity contribution is 0.866. The molecule has 0 amide bonds. The largest absolute Gasteiger partial charge is 0.366 e. The first-order valence-corrected chi connectivity index (χ1v) is 6.67. The fraction of sp³-hybridized carbons (Fsp3) is 0.200. The van der Waals surface area contributed by atoms with Crippen LogP contribution in [0.25, 0.3) is 10.9 Å². The first kappa shape index (κ1) is 12.6. The summed E-state index contributed by atoms with van der Waals surface area (Å²) in [7, 11) is 0. The van der Waals surface area contributed by atoms with E-state index < -0.39 is 0 Å². The van der Waals surface area contributed by atoms with Gasteiger partial charge in [0.15, 0.2) is 0 Å². The number of para-hydroxylation sites is 1. The van der Waals surface area contributed by atoms with Crippen LogP contribution in [0.15, 0.2) is 42.7 Å². The average Bonchev–Trinajstić information content (AvgIpc) is 2.89. The third-order valence-electron chi connectivity index (χ3n) is 3.21. The van der Waals surface area contributed by atoms with Crippen LogP contribution in [0.5, 0.6) is 0 Å². The number of hydrogen-bond donors (Lipinski definition) is 3. The van der Waals surface area contributed by atoms with Crippen LogP contribution < -0.4 is 11.1 Å². The summed E-state index contributed by atoms with van der Waals surface area (Å²) in [5.74, 6) is 1.60. The molecule has 4 N–H and O–H groups in total. The van der Waals surface area contributed by atoms with Crippen molar-refractivity contribution < 1.29 is 0 Å². The van der Waals surface area contributed by atoms with E-state index in [-0.39, 0.29) is 0 Å². The number of nitrogens with zero attached hydrogens (tertiary/aromatic N) is 2. The van der Waals surface area contributed by atoms with Gasteiger partial charge in [0.25, 0.3) is 0 Å². The zero-order chi connectivity index (χ0) is 13.8. The molecule has 0 unspecified atom stereocenters. The number of aromatic amines is 1. The van der Waals surface area contributed by atoms with E-state index in [1.54, 1.807) is 6.20 Å². The molecule has 20 heavy (non-hydrogen) atoms. The van der Waals surface area contributed by atoms with E-state index in [2.05, 4.69) is 32.4 Å². The number of fused-ring (bicyclic) bond motifs is 1. The van der Waals surface area contributed by atoms with Crippen molar-refractivity contribution in [3.05, 3.63) is 54.1 Å². The Labute approximate surface area is 117 Å². The van der Waals surface area contributed by atoms with Crippen molar-refractivity contribution in [3.63, 3.8) is 0 Å². The minimum absolute atomic E-state index is 0.561. The van der Waals surface area contributed by atoms with Crippen molar-refractivity contribution in [3.8, 4) is 0 Å². The molecule has 102 valence electrons. The molecule has 3 rings (SSSR count). The number of hydrogen-bond acceptors (Lipinski definition) is 4. The number of H-pyrrole nitrogens is 1. The molecular weight excluding hydrogens is 250 g/mol. The highest BCUT2D eigenvalue weighted by atomic mass is 15.0. The standard InChI is InChI=1S/C15H17N5/c16-7-5-14-17-8-6-15(20-14)19-10-11-9-18-13-4-2-1-3-12(11)13/h1-4,6,8-9,18H,5,7,10,16H2,(H,17,19,20). The van der Waals surface area contributed by atoms with Crippen LogP contribution in [0.1, 0.15) is 11.4 Å². The first-order valence-electron chi connectivity index (χ1n) is 6.67. The third kappa shape index (κ3) is 2.62. The van der Waals surface area contributed by atoms with Gasteiger partial charge >= 0.3 is 0 Å². The van der Waals surface area contributed by atoms with Crippen LogP contribution in [-0.2, 0) is 13.0 Å². The number of rotatable bonds is 5. The molecule has 0 saturated heterocycles. The maximum atomic E-state index is 5.52. The van der Waals surface area contributed by atoms with Gasteiger partial charge in [0.05, 0.1) is 0 Å². The zero-order valence-corrected chi connectivity index (χ0v) is 11.1. The summed E-state index contributed by atoms with van der Waals surface area (Å²) in [6, 6.07) is 10.1. The predicted molar refractivity (Wildman–Crippen MR) is 80.4 cm³/mol. The predicted octanol–water partition coefficient (Wildman–Crippen LogP) is 2.07. The minimum Gasteiger partial charge on any atom is -0.366 e. The van der Waals surface area contributed by atoms with E-state index in [9.17, 15) is 0 Å². The first-order chi connectivity index (χ1) is 9.86. The second kappa shape index (κ2) is 5.71. The highest BCUT2D eigenvalue weighted by Gasteiger charge is 2.03. The average molecular weight is 267 g/mol. The zero-order valence-electron chi connectivity index (χ0n) is 11.1. The van der Waals surface area contributed by atoms with Gasteiger partial charge in [-0.05, 0) is 24.2 Å². The highest BCUT2D eigenvalue weighted by molar-refractivity contribution is 5.83. The Morgan fingerprint density at radius 1 is 1.20 bits per heavy atom. The van der Waals surface area contributed by atoms with E-state index in [1.165, 1.54) is 10.9 Å². The number of nitrogens with two attached hydrogens (primary N) is 1. The molecule has 5 nitrogen and oxygen atoms in total. The highest BCUT2D eigenvalue weighted by Crippen LogP contribution is 2.18. The summed E-state index contributed by atoms with van der Waals surface area (Å²) in [5, 5.41) is 4.56. The molecule has 0 aliphatic carbocycles. The van der Waals surface area contributed by atoms with E-state index >= 15 is 0 Å². The van der Waals surface area contributed by atoms with Gasteiger partial charge in [-0.3, -0.25) is 0 Å². The summed E-state index contributed by atoms with van der Waals surface area (Å²) >= 11 is 0. The summed E-state index contributed by atoms with van der Waals surface area (Å²) in [6.07, 6.45) is 4.48. The normalized spacial score (nSPS) is 10.8. The molecule has 0 radical (unpaired) electrons. The van der Waals surface area contributed by atoms with Crippen molar-refractivity contribution in [2.75, 3.05) is 11.9 Å². The van der Waals surface area contributed by atoms with Crippen LogP contribution in [0.2, 0.25) is 0 Å². The summed E-state index contributed by atoms with van der Waals surface area (Å²) in [4.78, 5) is 11.9. The maximum Gasteiger partial charge on any atom is 0.131 e. The molecule has 0 spiro atoms. The van der Waals surface area contributed by atoms with E-state index in [0.29, 0.717) is 13.0 Å². The fourth-order valence-electron chi connectivity index (χ4n) is 2.21. The number of benzene rings is 1. The lowest BCUT2D eigenvalue weighted by Gasteiger charge is -2.06. The summed E-state index contributed by atoms with van der Waals surface area (Å²) < 4.78 is 0. The molecule has 0 aliphatic heterocycles. The molecule has 0 bridgehead atoms. The van der Waals surface area contributed by atoms with Gasteiger partial charge in [-0.1, -0.05) is 18.2 Å². The lowest BCUT2D eigenvalue weighted by atomic mass is 10.2. The van der Waals surface area contributed by atoms with Gasteiger partial charge in [0, 0.05) is 36.3 Å². The molecule has 1 aromatic carbocycles. The van der Waals surface area contributed by atoms with Gasteiger partial charge in [-0.25, -0.2) is 9.97 Å². The van der Waals surface area contributed by atoms with Crippen LogP contribution in [0.3, 0.4) is 0 Å². The molecule has 0 fully saturated rings. The Kier molecular flexibility index (Phi) is 3.60. The quantitative estimate of drug-likeness (QED) is 0.661. The molecule has 2 heterocycles. The Bertz CT molecular complexity index is 704. The molecule has 0 aliphatic rings. The van der Waals surface area contributed by atoms with Crippen LogP contribution in [0.4, 0.5) is 5.82 Å². The van der Waals surface area contributed by atoms with Gasteiger partial charge in [0.2, 0.25) is 0 Å². The Hall–Kier alpha value is -2.40. The maximum absolute atomic E-state index is 5.52. The van der Waals surface area contributed by atoms with E-state index in [0.717, 1.165) is 23.7 Å². The van der Waals surface area contributed by atoms with Crippen molar-refractivity contribution in [1.82, 2.24) is 15.0 Å². The summed E-state index contributed by atoms with van der Waals surface area (Å²) in [5.41, 5.74) is 7.89. The fourth-order valence-corrected chi connectivity index (χ4v) is 2.21. The minimum atomic E-state index is 0.561. The third-order valence-corrected chi connectivity index (χ3v) is 3.21. The molecule has 0 saturated carbocycles. The number of anilines is 1. The number of aromatic nitrogens is 3. The van der Waals surface area contributed by atoms with Crippen LogP contribution in [-0.4, -0.2) is 21.5 Å². The van der Waals surface area contributed by atoms with Crippen molar-refractivity contribution >= 4 is 16.7 Å². The Morgan fingerprint density at radius 3 is 3.00 bits per heavy atom. The van der Waals surface area contributed by atoms with Gasteiger partial charge in [0.1, 0.15) is 11.6 Å². The van der Waals surface area contributed by atoms with E-state index in [1.807, 2.05) is 24.4 Å². The monoisotopic (exact) mass is 267 g/mol. The lowest BCUT2D eigenvalue weighted by Crippen LogP contribution is -2.08. The van der Waals surface area contributed by atoms with Crippen molar-refractivity contribution in [2.24, 2.45) is 5.73 Å². The molecule has 2 aromatic heterocycles. The van der Waals surface area contributed by atoms with Crippen LogP contribution in [0, 0.1) is 0 Å². The van der Waals surface area contributed by atoms with Gasteiger partial charge < -0.3 is 16.0 Å². The van der Waals surface area contributed by atoms with Gasteiger partial charge in [-0.15, -0.1) is 0 Å². The second-order valence-corrected chi connectivity index (χ2v) is 4.61. The summed E-state index contributed by atoms with van der Waals surface area (Å²) in [6.45, 7) is 1.29. The van der Waals surface area contributed by atoms with Crippen molar-refractivity contribution in [2.45, 2.75) is 13.0 Å². The molecule has 0 atom stereocenters. The molecular formula is C15H17N5. The number of nitrogens with one attached hydrogen (secondary N) is 2. The SMILES string of the molecule is NCCc1nccc(NCc2c[nH]c3ccccc23)n1. The Balaban J connectivity index is 1.74. The van der Waals surface area contributed by atoms with Crippen LogP contribution >= 0.6 is 0 Å².